The van der Waals surface area contributed by atoms with Crippen LogP contribution in [0.4, 0.5) is 0 Å². The lowest BCUT2D eigenvalue weighted by molar-refractivity contribution is 0.242. The van der Waals surface area contributed by atoms with E-state index in [1.54, 1.807) is 7.11 Å². The Morgan fingerprint density at radius 3 is 2.81 bits per heavy atom. The fourth-order valence-corrected chi connectivity index (χ4v) is 1.99. The minimum atomic E-state index is 0.236. The molecule has 0 spiro atoms. The first-order valence-corrected chi connectivity index (χ1v) is 6.08. The zero-order valence-electron chi connectivity index (χ0n) is 9.74. The van der Waals surface area contributed by atoms with Gasteiger partial charge in [0.2, 0.25) is 0 Å². The van der Waals surface area contributed by atoms with Crippen LogP contribution in [-0.4, -0.2) is 37.3 Å². The van der Waals surface area contributed by atoms with E-state index in [-0.39, 0.29) is 6.61 Å². The second-order valence-corrected chi connectivity index (χ2v) is 4.69. The minimum absolute atomic E-state index is 0.236. The molecule has 0 aromatic heterocycles. The van der Waals surface area contributed by atoms with E-state index in [0.717, 1.165) is 35.3 Å². The molecule has 0 fully saturated rings. The largest absolute Gasteiger partial charge is 0.496 e. The molecule has 1 aromatic carbocycles. The Kier molecular flexibility index (Phi) is 5.80. The van der Waals surface area contributed by atoms with Crippen molar-refractivity contribution in [3.8, 4) is 5.75 Å². The smallest absolute Gasteiger partial charge is 0.123 e. The predicted molar refractivity (Wildman–Crippen MR) is 68.7 cm³/mol. The highest BCUT2D eigenvalue weighted by Gasteiger charge is 2.06. The Morgan fingerprint density at radius 2 is 2.19 bits per heavy atom. The van der Waals surface area contributed by atoms with Gasteiger partial charge in [-0.25, -0.2) is 0 Å². The van der Waals surface area contributed by atoms with E-state index in [4.69, 9.17) is 9.84 Å². The van der Waals surface area contributed by atoms with Crippen LogP contribution in [0.3, 0.4) is 0 Å². The number of aliphatic hydroxyl groups excluding tert-OH is 1. The summed E-state index contributed by atoms with van der Waals surface area (Å²) >= 11 is 3.45. The Bertz CT molecular complexity index is 331. The van der Waals surface area contributed by atoms with E-state index in [1.165, 1.54) is 0 Å². The molecule has 1 rings (SSSR count). The number of aliphatic hydroxyl groups is 1. The molecule has 0 aliphatic heterocycles. The van der Waals surface area contributed by atoms with Crippen LogP contribution >= 0.6 is 15.9 Å². The molecule has 0 bridgehead atoms. The average Bonchev–Trinajstić information content (AvgIpc) is 2.27. The molecule has 0 radical (unpaired) electrons. The van der Waals surface area contributed by atoms with E-state index >= 15 is 0 Å². The van der Waals surface area contributed by atoms with Gasteiger partial charge in [-0.3, -0.25) is 0 Å². The molecule has 0 heterocycles. The molecule has 0 saturated heterocycles. The fraction of sp³-hybridized carbons (Fsp3) is 0.500. The SMILES string of the molecule is COc1ccc(Br)cc1CN(C)CCCO. The first-order valence-electron chi connectivity index (χ1n) is 5.29. The Balaban J connectivity index is 2.67. The second kappa shape index (κ2) is 6.89. The molecule has 0 atom stereocenters. The van der Waals surface area contributed by atoms with Gasteiger partial charge in [-0.15, -0.1) is 0 Å². The highest BCUT2D eigenvalue weighted by atomic mass is 79.9. The summed E-state index contributed by atoms with van der Waals surface area (Å²) in [5.74, 6) is 0.902. The Labute approximate surface area is 105 Å². The number of hydrogen-bond acceptors (Lipinski definition) is 3. The molecule has 3 nitrogen and oxygen atoms in total. The number of nitrogens with zero attached hydrogens (tertiary/aromatic N) is 1. The van der Waals surface area contributed by atoms with Crippen LogP contribution in [0.1, 0.15) is 12.0 Å². The number of rotatable bonds is 6. The fourth-order valence-electron chi connectivity index (χ4n) is 1.58. The molecule has 90 valence electrons. The maximum absolute atomic E-state index is 8.77. The van der Waals surface area contributed by atoms with Gasteiger partial charge < -0.3 is 14.7 Å². The minimum Gasteiger partial charge on any atom is -0.496 e. The zero-order valence-corrected chi connectivity index (χ0v) is 11.3. The van der Waals surface area contributed by atoms with Crippen molar-refractivity contribution < 1.29 is 9.84 Å². The first kappa shape index (κ1) is 13.5. The normalized spacial score (nSPS) is 10.8. The molecule has 0 aliphatic rings. The molecule has 4 heteroatoms. The summed E-state index contributed by atoms with van der Waals surface area (Å²) in [6.07, 6.45) is 0.798. The van der Waals surface area contributed by atoms with Crippen molar-refractivity contribution in [2.75, 3.05) is 27.3 Å². The highest BCUT2D eigenvalue weighted by molar-refractivity contribution is 9.10. The average molecular weight is 288 g/mol. The van der Waals surface area contributed by atoms with E-state index in [2.05, 4.69) is 26.9 Å². The van der Waals surface area contributed by atoms with Gasteiger partial charge in [0.1, 0.15) is 5.75 Å². The quantitative estimate of drug-likeness (QED) is 0.871. The van der Waals surface area contributed by atoms with Crippen molar-refractivity contribution >= 4 is 15.9 Å². The zero-order chi connectivity index (χ0) is 12.0. The molecule has 0 aliphatic carbocycles. The molecule has 0 amide bonds. The maximum atomic E-state index is 8.77. The number of benzene rings is 1. The number of halogens is 1. The van der Waals surface area contributed by atoms with Gasteiger partial charge in [-0.2, -0.15) is 0 Å². The van der Waals surface area contributed by atoms with Crippen LogP contribution in [0.25, 0.3) is 0 Å². The van der Waals surface area contributed by atoms with Crippen LogP contribution in [0.15, 0.2) is 22.7 Å². The van der Waals surface area contributed by atoms with E-state index in [1.807, 2.05) is 19.2 Å². The third-order valence-corrected chi connectivity index (χ3v) is 2.87. The molecular formula is C12H18BrNO2. The lowest BCUT2D eigenvalue weighted by atomic mass is 10.2. The number of methoxy groups -OCH3 is 1. The lowest BCUT2D eigenvalue weighted by Crippen LogP contribution is -2.20. The Morgan fingerprint density at radius 1 is 1.44 bits per heavy atom. The molecular weight excluding hydrogens is 270 g/mol. The molecule has 0 unspecified atom stereocenters. The summed E-state index contributed by atoms with van der Waals surface area (Å²) in [5.41, 5.74) is 1.15. The van der Waals surface area contributed by atoms with E-state index < -0.39 is 0 Å². The maximum Gasteiger partial charge on any atom is 0.123 e. The van der Waals surface area contributed by atoms with Gasteiger partial charge >= 0.3 is 0 Å². The van der Waals surface area contributed by atoms with Crippen molar-refractivity contribution in [1.29, 1.82) is 0 Å². The molecule has 1 aromatic rings. The highest BCUT2D eigenvalue weighted by Crippen LogP contribution is 2.23. The van der Waals surface area contributed by atoms with Crippen molar-refractivity contribution in [3.63, 3.8) is 0 Å². The van der Waals surface area contributed by atoms with Crippen molar-refractivity contribution in [2.45, 2.75) is 13.0 Å². The van der Waals surface area contributed by atoms with E-state index in [0.29, 0.717) is 0 Å². The predicted octanol–water partition coefficient (Wildman–Crippen LogP) is 2.27. The van der Waals surface area contributed by atoms with E-state index in [9.17, 15) is 0 Å². The second-order valence-electron chi connectivity index (χ2n) is 3.77. The summed E-state index contributed by atoms with van der Waals surface area (Å²) in [6, 6.07) is 5.99. The number of ether oxygens (including phenoxy) is 1. The van der Waals surface area contributed by atoms with Crippen LogP contribution in [-0.2, 0) is 6.54 Å². The summed E-state index contributed by atoms with van der Waals surface area (Å²) in [5, 5.41) is 8.77. The van der Waals surface area contributed by atoms with Crippen LogP contribution in [0.2, 0.25) is 0 Å². The van der Waals surface area contributed by atoms with Gasteiger partial charge in [0.25, 0.3) is 0 Å². The first-order chi connectivity index (χ1) is 7.67. The molecule has 0 saturated carbocycles. The van der Waals surface area contributed by atoms with Crippen LogP contribution in [0, 0.1) is 0 Å². The van der Waals surface area contributed by atoms with Crippen molar-refractivity contribution in [1.82, 2.24) is 4.90 Å². The van der Waals surface area contributed by atoms with Gasteiger partial charge in [0, 0.05) is 29.7 Å². The van der Waals surface area contributed by atoms with Gasteiger partial charge in [-0.1, -0.05) is 15.9 Å². The summed E-state index contributed by atoms with van der Waals surface area (Å²) in [7, 11) is 3.72. The van der Waals surface area contributed by atoms with Crippen LogP contribution in [0.5, 0.6) is 5.75 Å². The summed E-state index contributed by atoms with van der Waals surface area (Å²) < 4.78 is 6.36. The van der Waals surface area contributed by atoms with Crippen LogP contribution < -0.4 is 4.74 Å². The monoisotopic (exact) mass is 287 g/mol. The topological polar surface area (TPSA) is 32.7 Å². The van der Waals surface area contributed by atoms with Gasteiger partial charge in [0.15, 0.2) is 0 Å². The summed E-state index contributed by atoms with van der Waals surface area (Å²) in [6.45, 7) is 1.94. The molecule has 16 heavy (non-hydrogen) atoms. The lowest BCUT2D eigenvalue weighted by Gasteiger charge is -2.18. The van der Waals surface area contributed by atoms with Gasteiger partial charge in [-0.05, 0) is 31.7 Å². The summed E-state index contributed by atoms with van der Waals surface area (Å²) in [4.78, 5) is 2.17. The Hall–Kier alpha value is -0.580. The third-order valence-electron chi connectivity index (χ3n) is 2.38. The standard InChI is InChI=1S/C12H18BrNO2/c1-14(6-3-7-15)9-10-8-11(13)4-5-12(10)16-2/h4-5,8,15H,3,6-7,9H2,1-2H3. The third kappa shape index (κ3) is 4.12. The number of hydrogen-bond donors (Lipinski definition) is 1. The van der Waals surface area contributed by atoms with Crippen molar-refractivity contribution in [2.24, 2.45) is 0 Å². The van der Waals surface area contributed by atoms with Gasteiger partial charge in [0.05, 0.1) is 7.11 Å². The molecule has 1 N–H and O–H groups in total. The van der Waals surface area contributed by atoms with Crippen molar-refractivity contribution in [3.05, 3.63) is 28.2 Å².